The Hall–Kier alpha value is -2.37. The van der Waals surface area contributed by atoms with Crippen LogP contribution in [0.1, 0.15) is 20.8 Å². The molecule has 0 unspecified atom stereocenters. The second kappa shape index (κ2) is 6.74. The van der Waals surface area contributed by atoms with Crippen LogP contribution in [0, 0.1) is 13.8 Å². The zero-order chi connectivity index (χ0) is 18.3. The van der Waals surface area contributed by atoms with Crippen molar-refractivity contribution in [2.24, 2.45) is 0 Å². The molecule has 1 aliphatic heterocycles. The first-order chi connectivity index (χ1) is 12.5. The summed E-state index contributed by atoms with van der Waals surface area (Å²) in [6.45, 7) is 6.90. The molecule has 1 aromatic heterocycles. The van der Waals surface area contributed by atoms with Gasteiger partial charge in [0.1, 0.15) is 0 Å². The molecule has 0 spiro atoms. The molecule has 4 rings (SSSR count). The molecule has 0 saturated carbocycles. The van der Waals surface area contributed by atoms with E-state index in [0.29, 0.717) is 18.8 Å². The maximum atomic E-state index is 11.9. The molecule has 0 radical (unpaired) electrons. The molecule has 0 atom stereocenters. The van der Waals surface area contributed by atoms with Crippen LogP contribution in [0.5, 0.6) is 0 Å². The first-order valence-electron chi connectivity index (χ1n) is 8.75. The van der Waals surface area contributed by atoms with Gasteiger partial charge in [0.15, 0.2) is 0 Å². The Balaban J connectivity index is 1.84. The summed E-state index contributed by atoms with van der Waals surface area (Å²) in [6.07, 6.45) is 0. The third-order valence-corrected chi connectivity index (χ3v) is 5.96. The number of rotatable bonds is 3. The summed E-state index contributed by atoms with van der Waals surface area (Å²) in [6, 6.07) is 12.3. The fourth-order valence-corrected chi connectivity index (χ4v) is 4.81. The van der Waals surface area contributed by atoms with Crippen LogP contribution in [0.25, 0.3) is 21.2 Å². The van der Waals surface area contributed by atoms with Crippen LogP contribution < -0.4 is 4.90 Å². The van der Waals surface area contributed by atoms with Gasteiger partial charge in [0, 0.05) is 33.6 Å². The van der Waals surface area contributed by atoms with Gasteiger partial charge in [0.25, 0.3) is 0 Å². The summed E-state index contributed by atoms with van der Waals surface area (Å²) in [5, 5.41) is 11.0. The molecule has 1 aliphatic rings. The van der Waals surface area contributed by atoms with Crippen molar-refractivity contribution in [2.75, 3.05) is 31.2 Å². The van der Waals surface area contributed by atoms with Gasteiger partial charge in [-0.15, -0.1) is 11.3 Å². The van der Waals surface area contributed by atoms with Gasteiger partial charge in [-0.1, -0.05) is 18.2 Å². The molecular weight excluding hydrogens is 346 g/mol. The zero-order valence-corrected chi connectivity index (χ0v) is 15.7. The molecule has 0 aliphatic carbocycles. The summed E-state index contributed by atoms with van der Waals surface area (Å²) in [4.78, 5) is 15.2. The average Bonchev–Trinajstić information content (AvgIpc) is 2.96. The van der Waals surface area contributed by atoms with E-state index in [-0.39, 0.29) is 0 Å². The number of ether oxygens (including phenoxy) is 1. The third kappa shape index (κ3) is 2.97. The van der Waals surface area contributed by atoms with Crippen molar-refractivity contribution in [2.45, 2.75) is 13.8 Å². The van der Waals surface area contributed by atoms with E-state index in [1.807, 2.05) is 18.2 Å². The molecule has 2 aromatic carbocycles. The lowest BCUT2D eigenvalue weighted by molar-refractivity contribution is 0.0696. The van der Waals surface area contributed by atoms with Gasteiger partial charge >= 0.3 is 5.97 Å². The number of thiophene rings is 1. The van der Waals surface area contributed by atoms with Gasteiger partial charge in [-0.2, -0.15) is 0 Å². The highest BCUT2D eigenvalue weighted by atomic mass is 32.1. The lowest BCUT2D eigenvalue weighted by Crippen LogP contribution is -2.37. The summed E-state index contributed by atoms with van der Waals surface area (Å²) >= 11 is 1.76. The average molecular weight is 367 g/mol. The predicted octanol–water partition coefficient (Wildman–Crippen LogP) is 4.72. The number of hydrogen-bond acceptors (Lipinski definition) is 4. The largest absolute Gasteiger partial charge is 0.478 e. The molecule has 134 valence electrons. The van der Waals surface area contributed by atoms with Crippen LogP contribution in [0.2, 0.25) is 0 Å². The maximum Gasteiger partial charge on any atom is 0.337 e. The van der Waals surface area contributed by atoms with Crippen molar-refractivity contribution in [1.82, 2.24) is 0 Å². The van der Waals surface area contributed by atoms with Crippen LogP contribution >= 0.6 is 11.3 Å². The predicted molar refractivity (Wildman–Crippen MR) is 107 cm³/mol. The lowest BCUT2D eigenvalue weighted by Gasteiger charge is -2.30. The van der Waals surface area contributed by atoms with Gasteiger partial charge in [0.05, 0.1) is 24.5 Å². The van der Waals surface area contributed by atoms with Gasteiger partial charge in [-0.05, 0) is 43.2 Å². The van der Waals surface area contributed by atoms with Crippen LogP contribution in [0.15, 0.2) is 36.4 Å². The molecule has 1 N–H and O–H groups in total. The van der Waals surface area contributed by atoms with Crippen LogP contribution in [-0.4, -0.2) is 37.4 Å². The van der Waals surface area contributed by atoms with E-state index in [1.165, 1.54) is 20.5 Å². The van der Waals surface area contributed by atoms with E-state index in [9.17, 15) is 9.90 Å². The Morgan fingerprint density at radius 1 is 1.12 bits per heavy atom. The SMILES string of the molecule is Cc1ccc2c(-c3ccc(N4CCOCC4)c(C(=O)O)c3)c(C)sc2c1. The van der Waals surface area contributed by atoms with Crippen molar-refractivity contribution in [1.29, 1.82) is 0 Å². The lowest BCUT2D eigenvalue weighted by atomic mass is 9.98. The minimum atomic E-state index is -0.888. The van der Waals surface area contributed by atoms with Crippen LogP contribution in [-0.2, 0) is 4.74 Å². The monoisotopic (exact) mass is 367 g/mol. The van der Waals surface area contributed by atoms with E-state index in [0.717, 1.165) is 29.9 Å². The maximum absolute atomic E-state index is 11.9. The fraction of sp³-hybridized carbons (Fsp3) is 0.286. The first-order valence-corrected chi connectivity index (χ1v) is 9.56. The number of morpholine rings is 1. The third-order valence-electron chi connectivity index (χ3n) is 4.89. The highest BCUT2D eigenvalue weighted by molar-refractivity contribution is 7.19. The Labute approximate surface area is 156 Å². The van der Waals surface area contributed by atoms with Crippen molar-refractivity contribution in [3.8, 4) is 11.1 Å². The Bertz CT molecular complexity index is 986. The Kier molecular flexibility index (Phi) is 4.42. The van der Waals surface area contributed by atoms with Crippen molar-refractivity contribution in [3.63, 3.8) is 0 Å². The number of anilines is 1. The van der Waals surface area contributed by atoms with E-state index >= 15 is 0 Å². The number of carboxylic acid groups (broad SMARTS) is 1. The minimum Gasteiger partial charge on any atom is -0.478 e. The summed E-state index contributed by atoms with van der Waals surface area (Å²) < 4.78 is 6.63. The summed E-state index contributed by atoms with van der Waals surface area (Å²) in [5.74, 6) is -0.888. The van der Waals surface area contributed by atoms with Crippen molar-refractivity contribution < 1.29 is 14.6 Å². The number of fused-ring (bicyclic) bond motifs is 1. The van der Waals surface area contributed by atoms with E-state index < -0.39 is 5.97 Å². The number of aryl methyl sites for hydroxylation is 2. The molecule has 4 nitrogen and oxygen atoms in total. The molecular formula is C21H21NO3S. The number of carboxylic acids is 1. The summed E-state index contributed by atoms with van der Waals surface area (Å²) in [7, 11) is 0. The number of hydrogen-bond donors (Lipinski definition) is 1. The fourth-order valence-electron chi connectivity index (χ4n) is 3.63. The highest BCUT2D eigenvalue weighted by Crippen LogP contribution is 2.40. The van der Waals surface area contributed by atoms with E-state index in [4.69, 9.17) is 4.74 Å². The minimum absolute atomic E-state index is 0.357. The van der Waals surface area contributed by atoms with E-state index in [1.54, 1.807) is 11.3 Å². The summed E-state index contributed by atoms with van der Waals surface area (Å²) in [5.41, 5.74) is 4.47. The molecule has 26 heavy (non-hydrogen) atoms. The number of aromatic carboxylic acids is 1. The molecule has 5 heteroatoms. The molecule has 3 aromatic rings. The quantitative estimate of drug-likeness (QED) is 0.728. The zero-order valence-electron chi connectivity index (χ0n) is 14.9. The van der Waals surface area contributed by atoms with E-state index in [2.05, 4.69) is 36.9 Å². The van der Waals surface area contributed by atoms with Gasteiger partial charge in [-0.25, -0.2) is 4.79 Å². The highest BCUT2D eigenvalue weighted by Gasteiger charge is 2.20. The normalized spacial score (nSPS) is 14.8. The Morgan fingerprint density at radius 2 is 1.88 bits per heavy atom. The standard InChI is InChI=1S/C21H21NO3S/c1-13-3-5-16-19(11-13)26-14(2)20(16)15-4-6-18(17(12-15)21(23)24)22-7-9-25-10-8-22/h3-6,11-12H,7-10H2,1-2H3,(H,23,24). The second-order valence-corrected chi connectivity index (χ2v) is 7.93. The van der Waals surface area contributed by atoms with Gasteiger partial charge in [0.2, 0.25) is 0 Å². The number of carbonyl (C=O) groups is 1. The molecule has 0 bridgehead atoms. The number of benzene rings is 2. The smallest absolute Gasteiger partial charge is 0.337 e. The molecule has 0 amide bonds. The number of nitrogens with zero attached hydrogens (tertiary/aromatic N) is 1. The topological polar surface area (TPSA) is 49.8 Å². The van der Waals surface area contributed by atoms with Gasteiger partial charge < -0.3 is 14.7 Å². The Morgan fingerprint density at radius 3 is 2.62 bits per heavy atom. The van der Waals surface area contributed by atoms with Crippen molar-refractivity contribution in [3.05, 3.63) is 52.4 Å². The molecule has 2 heterocycles. The van der Waals surface area contributed by atoms with Crippen molar-refractivity contribution >= 4 is 33.1 Å². The van der Waals surface area contributed by atoms with Crippen LogP contribution in [0.4, 0.5) is 5.69 Å². The second-order valence-electron chi connectivity index (χ2n) is 6.67. The molecule has 1 saturated heterocycles. The molecule has 1 fully saturated rings. The van der Waals surface area contributed by atoms with Gasteiger partial charge in [-0.3, -0.25) is 0 Å². The van der Waals surface area contributed by atoms with Crippen LogP contribution in [0.3, 0.4) is 0 Å². The first kappa shape index (κ1) is 17.1.